The molecule has 0 unspecified atom stereocenters. The van der Waals surface area contributed by atoms with Gasteiger partial charge in [-0.05, 0) is 57.4 Å². The maximum Gasteiger partial charge on any atom is 0.260 e. The smallest absolute Gasteiger partial charge is 0.260 e. The number of nitrogens with zero attached hydrogens (tertiary/aromatic N) is 2. The predicted octanol–water partition coefficient (Wildman–Crippen LogP) is 4.72. The summed E-state index contributed by atoms with van der Waals surface area (Å²) in [6, 6.07) is 19.9. The Labute approximate surface area is 221 Å². The molecule has 3 aromatic carbocycles. The number of methoxy groups -OCH3 is 1. The van der Waals surface area contributed by atoms with Crippen LogP contribution in [-0.2, 0) is 21.4 Å². The third kappa shape index (κ3) is 7.81. The van der Waals surface area contributed by atoms with E-state index in [0.29, 0.717) is 38.3 Å². The highest BCUT2D eigenvalue weighted by Gasteiger charge is 2.21. The summed E-state index contributed by atoms with van der Waals surface area (Å²) in [6.07, 6.45) is 2.46. The summed E-state index contributed by atoms with van der Waals surface area (Å²) in [4.78, 5) is 12.4. The van der Waals surface area contributed by atoms with Gasteiger partial charge in [0.25, 0.3) is 5.91 Å². The molecule has 0 aliphatic rings. The van der Waals surface area contributed by atoms with Gasteiger partial charge in [0.2, 0.25) is 10.0 Å². The van der Waals surface area contributed by atoms with Gasteiger partial charge in [-0.1, -0.05) is 52.3 Å². The van der Waals surface area contributed by atoms with Crippen molar-refractivity contribution in [2.24, 2.45) is 5.10 Å². The average molecular weight is 625 g/mol. The van der Waals surface area contributed by atoms with Crippen molar-refractivity contribution in [2.45, 2.75) is 6.61 Å². The van der Waals surface area contributed by atoms with Gasteiger partial charge in [0.1, 0.15) is 13.2 Å². The van der Waals surface area contributed by atoms with Gasteiger partial charge in [-0.2, -0.15) is 5.10 Å². The van der Waals surface area contributed by atoms with Crippen LogP contribution in [0.2, 0.25) is 0 Å². The number of halogens is 2. The Bertz CT molecular complexity index is 1320. The first-order valence-corrected chi connectivity index (χ1v) is 13.7. The van der Waals surface area contributed by atoms with Gasteiger partial charge < -0.3 is 9.47 Å². The standard InChI is InChI=1S/C24H23Br2N3O5S/c1-33-22-12-18(11-21(26)24(22)34-16-17-7-4-3-5-8-17)14-27-28-23(30)15-29(35(2,31)32)20-10-6-9-19(25)13-20/h3-14H,15-16H2,1-2H3,(H,28,30)/b27-14-. The fourth-order valence-corrected chi connectivity index (χ4v) is 4.87. The molecule has 1 amide bonds. The highest BCUT2D eigenvalue weighted by molar-refractivity contribution is 9.10. The number of amides is 1. The Morgan fingerprint density at radius 3 is 2.49 bits per heavy atom. The van der Waals surface area contributed by atoms with Crippen LogP contribution in [-0.4, -0.2) is 40.4 Å². The van der Waals surface area contributed by atoms with Gasteiger partial charge >= 0.3 is 0 Å². The van der Waals surface area contributed by atoms with E-state index in [0.717, 1.165) is 16.1 Å². The normalized spacial score (nSPS) is 11.3. The van der Waals surface area contributed by atoms with Crippen molar-refractivity contribution in [1.82, 2.24) is 5.43 Å². The van der Waals surface area contributed by atoms with Crippen molar-refractivity contribution >= 4 is 59.7 Å². The first-order valence-electron chi connectivity index (χ1n) is 10.3. The van der Waals surface area contributed by atoms with Crippen LogP contribution in [0.25, 0.3) is 0 Å². The molecule has 0 fully saturated rings. The van der Waals surface area contributed by atoms with E-state index < -0.39 is 22.5 Å². The van der Waals surface area contributed by atoms with Crippen LogP contribution in [0.15, 0.2) is 80.8 Å². The molecule has 0 radical (unpaired) electrons. The van der Waals surface area contributed by atoms with Gasteiger partial charge in [-0.15, -0.1) is 0 Å². The highest BCUT2D eigenvalue weighted by atomic mass is 79.9. The summed E-state index contributed by atoms with van der Waals surface area (Å²) in [5.74, 6) is 0.428. The molecule has 35 heavy (non-hydrogen) atoms. The maximum atomic E-state index is 12.4. The maximum absolute atomic E-state index is 12.4. The largest absolute Gasteiger partial charge is 0.493 e. The summed E-state index contributed by atoms with van der Waals surface area (Å²) in [7, 11) is -2.16. The van der Waals surface area contributed by atoms with Crippen LogP contribution in [0, 0.1) is 0 Å². The number of sulfonamides is 1. The molecular formula is C24H23Br2N3O5S. The van der Waals surface area contributed by atoms with Gasteiger partial charge in [-0.3, -0.25) is 9.10 Å². The zero-order valence-corrected chi connectivity index (χ0v) is 22.9. The number of hydrazone groups is 1. The van der Waals surface area contributed by atoms with E-state index in [9.17, 15) is 13.2 Å². The second-order valence-electron chi connectivity index (χ2n) is 7.35. The van der Waals surface area contributed by atoms with Crippen molar-refractivity contribution in [2.75, 3.05) is 24.2 Å². The van der Waals surface area contributed by atoms with Crippen LogP contribution in [0.3, 0.4) is 0 Å². The number of hydrogen-bond acceptors (Lipinski definition) is 6. The summed E-state index contributed by atoms with van der Waals surface area (Å²) >= 11 is 6.80. The third-order valence-electron chi connectivity index (χ3n) is 4.66. The number of anilines is 1. The Hall–Kier alpha value is -2.89. The Balaban J connectivity index is 1.67. The van der Waals surface area contributed by atoms with Crippen LogP contribution >= 0.6 is 31.9 Å². The van der Waals surface area contributed by atoms with E-state index in [-0.39, 0.29) is 0 Å². The number of nitrogens with one attached hydrogen (secondary N) is 1. The van der Waals surface area contributed by atoms with Crippen LogP contribution in [0.4, 0.5) is 5.69 Å². The van der Waals surface area contributed by atoms with Crippen molar-refractivity contribution in [1.29, 1.82) is 0 Å². The molecule has 1 N–H and O–H groups in total. The molecule has 8 nitrogen and oxygen atoms in total. The molecule has 0 bridgehead atoms. The molecule has 0 heterocycles. The van der Waals surface area contributed by atoms with Gasteiger partial charge in [0.05, 0.1) is 29.7 Å². The third-order valence-corrected chi connectivity index (χ3v) is 6.89. The first-order chi connectivity index (χ1) is 16.7. The summed E-state index contributed by atoms with van der Waals surface area (Å²) in [6.45, 7) is -0.0555. The lowest BCUT2D eigenvalue weighted by Gasteiger charge is -2.21. The van der Waals surface area contributed by atoms with E-state index in [1.807, 2.05) is 30.3 Å². The Kier molecular flexibility index (Phi) is 9.30. The summed E-state index contributed by atoms with van der Waals surface area (Å²) in [5.41, 5.74) is 4.37. The molecular weight excluding hydrogens is 602 g/mol. The molecule has 0 aliphatic heterocycles. The monoisotopic (exact) mass is 623 g/mol. The summed E-state index contributed by atoms with van der Waals surface area (Å²) in [5, 5.41) is 3.96. The molecule has 0 saturated heterocycles. The highest BCUT2D eigenvalue weighted by Crippen LogP contribution is 2.36. The number of carbonyl (C=O) groups excluding carboxylic acids is 1. The molecule has 3 aromatic rings. The number of carbonyl (C=O) groups is 1. The second-order valence-corrected chi connectivity index (χ2v) is 11.0. The minimum Gasteiger partial charge on any atom is -0.493 e. The zero-order valence-electron chi connectivity index (χ0n) is 18.9. The zero-order chi connectivity index (χ0) is 25.4. The lowest BCUT2D eigenvalue weighted by molar-refractivity contribution is -0.119. The molecule has 0 atom stereocenters. The number of rotatable bonds is 10. The topological polar surface area (TPSA) is 97.3 Å². The lowest BCUT2D eigenvalue weighted by atomic mass is 10.2. The minimum absolute atomic E-state index is 0.362. The van der Waals surface area contributed by atoms with Crippen LogP contribution in [0.1, 0.15) is 11.1 Å². The first kappa shape index (κ1) is 26.7. The van der Waals surface area contributed by atoms with Gasteiger partial charge in [0.15, 0.2) is 11.5 Å². The SMILES string of the molecule is COc1cc(/C=N\NC(=O)CN(c2cccc(Br)c2)S(C)(=O)=O)cc(Br)c1OCc1ccccc1. The fraction of sp³-hybridized carbons (Fsp3) is 0.167. The van der Waals surface area contributed by atoms with E-state index in [2.05, 4.69) is 42.4 Å². The quantitative estimate of drug-likeness (QED) is 0.260. The van der Waals surface area contributed by atoms with Crippen molar-refractivity contribution in [3.05, 3.63) is 86.8 Å². The van der Waals surface area contributed by atoms with Gasteiger partial charge in [0, 0.05) is 4.47 Å². The second kappa shape index (κ2) is 12.2. The van der Waals surface area contributed by atoms with Crippen LogP contribution < -0.4 is 19.2 Å². The van der Waals surface area contributed by atoms with Crippen molar-refractivity contribution < 1.29 is 22.7 Å². The average Bonchev–Trinajstić information content (AvgIpc) is 2.81. The molecule has 0 aromatic heterocycles. The molecule has 11 heteroatoms. The number of hydrogen-bond donors (Lipinski definition) is 1. The van der Waals surface area contributed by atoms with Crippen molar-refractivity contribution in [3.8, 4) is 11.5 Å². The summed E-state index contributed by atoms with van der Waals surface area (Å²) < 4.78 is 38.1. The molecule has 184 valence electrons. The van der Waals surface area contributed by atoms with E-state index in [1.54, 1.807) is 36.4 Å². The predicted molar refractivity (Wildman–Crippen MR) is 144 cm³/mol. The molecule has 0 spiro atoms. The molecule has 0 saturated carbocycles. The van der Waals surface area contributed by atoms with Crippen LogP contribution in [0.5, 0.6) is 11.5 Å². The van der Waals surface area contributed by atoms with Crippen molar-refractivity contribution in [3.63, 3.8) is 0 Å². The number of benzene rings is 3. The van der Waals surface area contributed by atoms with E-state index >= 15 is 0 Å². The number of ether oxygens (including phenoxy) is 2. The van der Waals surface area contributed by atoms with Gasteiger partial charge in [-0.25, -0.2) is 13.8 Å². The van der Waals surface area contributed by atoms with E-state index in [4.69, 9.17) is 9.47 Å². The fourth-order valence-electron chi connectivity index (χ4n) is 3.06. The van der Waals surface area contributed by atoms with E-state index in [1.165, 1.54) is 13.3 Å². The lowest BCUT2D eigenvalue weighted by Crippen LogP contribution is -2.39. The minimum atomic E-state index is -3.69. The Morgan fingerprint density at radius 2 is 1.83 bits per heavy atom. The Morgan fingerprint density at radius 1 is 1.09 bits per heavy atom. The molecule has 3 rings (SSSR count). The molecule has 0 aliphatic carbocycles.